The van der Waals surface area contributed by atoms with Gasteiger partial charge in [-0.25, -0.2) is 0 Å². The summed E-state index contributed by atoms with van der Waals surface area (Å²) in [6.07, 6.45) is 0.184. The maximum atomic E-state index is 11.7. The van der Waals surface area contributed by atoms with E-state index in [1.807, 2.05) is 0 Å². The molecule has 1 atom stereocenters. The smallest absolute Gasteiger partial charge is 0.251 e. The molecule has 1 aromatic rings. The van der Waals surface area contributed by atoms with Gasteiger partial charge in [-0.3, -0.25) is 14.5 Å². The van der Waals surface area contributed by atoms with Crippen LogP contribution < -0.4 is 14.8 Å². The van der Waals surface area contributed by atoms with Gasteiger partial charge in [0.05, 0.1) is 6.42 Å². The van der Waals surface area contributed by atoms with E-state index >= 15 is 0 Å². The molecule has 2 heterocycles. The number of hydrogen-bond acceptors (Lipinski definition) is 5. The van der Waals surface area contributed by atoms with Gasteiger partial charge in [0.25, 0.3) is 5.91 Å². The first-order valence-corrected chi connectivity index (χ1v) is 5.62. The molecule has 6 heteroatoms. The topological polar surface area (TPSA) is 67.9 Å². The van der Waals surface area contributed by atoms with Gasteiger partial charge in [0.1, 0.15) is 6.04 Å². The lowest BCUT2D eigenvalue weighted by Gasteiger charge is -2.12. The van der Waals surface area contributed by atoms with Gasteiger partial charge in [0.2, 0.25) is 12.7 Å². The number of benzene rings is 1. The van der Waals surface area contributed by atoms with Crippen LogP contribution in [0.3, 0.4) is 0 Å². The van der Waals surface area contributed by atoms with Crippen molar-refractivity contribution < 1.29 is 19.1 Å². The van der Waals surface area contributed by atoms with Crippen LogP contribution >= 0.6 is 0 Å². The molecule has 94 valence electrons. The molecule has 18 heavy (non-hydrogen) atoms. The molecular formula is C12H12N2O4. The number of anilines is 1. The van der Waals surface area contributed by atoms with Crippen LogP contribution in [-0.4, -0.2) is 36.6 Å². The second kappa shape index (κ2) is 3.90. The van der Waals surface area contributed by atoms with Crippen LogP contribution in [0.15, 0.2) is 18.2 Å². The summed E-state index contributed by atoms with van der Waals surface area (Å²) in [6.45, 7) is 0.211. The third kappa shape index (κ3) is 1.66. The Hall–Kier alpha value is -2.24. The standard InChI is InChI=1S/C12H12N2O4/c1-14-11(15)5-8(12(14)16)13-7-2-3-9-10(4-7)18-6-17-9/h2-4,8,13H,5-6H2,1H3. The maximum absolute atomic E-state index is 11.7. The van der Waals surface area contributed by atoms with Gasteiger partial charge in [-0.2, -0.15) is 0 Å². The molecule has 2 amide bonds. The number of carbonyl (C=O) groups excluding carboxylic acids is 2. The molecule has 0 aliphatic carbocycles. The van der Waals surface area contributed by atoms with Gasteiger partial charge >= 0.3 is 0 Å². The van der Waals surface area contributed by atoms with E-state index in [0.717, 1.165) is 10.6 Å². The highest BCUT2D eigenvalue weighted by Gasteiger charge is 2.36. The van der Waals surface area contributed by atoms with Crippen LogP contribution in [0.1, 0.15) is 6.42 Å². The molecular weight excluding hydrogens is 236 g/mol. The van der Waals surface area contributed by atoms with Crippen LogP contribution in [-0.2, 0) is 9.59 Å². The van der Waals surface area contributed by atoms with Crippen molar-refractivity contribution in [3.63, 3.8) is 0 Å². The van der Waals surface area contributed by atoms with Crippen LogP contribution in [0.4, 0.5) is 5.69 Å². The molecule has 1 fully saturated rings. The van der Waals surface area contributed by atoms with Gasteiger partial charge < -0.3 is 14.8 Å². The van der Waals surface area contributed by atoms with E-state index in [9.17, 15) is 9.59 Å². The van der Waals surface area contributed by atoms with Gasteiger partial charge in [-0.1, -0.05) is 0 Å². The SMILES string of the molecule is CN1C(=O)CC(Nc2ccc3c(c2)OCO3)C1=O. The predicted octanol–water partition coefficient (Wildman–Crippen LogP) is 0.584. The minimum atomic E-state index is -0.497. The fraction of sp³-hybridized carbons (Fsp3) is 0.333. The number of rotatable bonds is 2. The second-order valence-corrected chi connectivity index (χ2v) is 4.26. The summed E-state index contributed by atoms with van der Waals surface area (Å²) in [5.74, 6) is 0.951. The van der Waals surface area contributed by atoms with Crippen LogP contribution in [0, 0.1) is 0 Å². The Balaban J connectivity index is 1.77. The molecule has 0 bridgehead atoms. The molecule has 0 saturated carbocycles. The highest BCUT2D eigenvalue weighted by molar-refractivity contribution is 6.06. The number of carbonyl (C=O) groups is 2. The third-order valence-corrected chi connectivity index (χ3v) is 3.09. The van der Waals surface area contributed by atoms with Crippen molar-refractivity contribution in [1.29, 1.82) is 0 Å². The Morgan fingerprint density at radius 2 is 2.06 bits per heavy atom. The average Bonchev–Trinajstić information content (AvgIpc) is 2.91. The summed E-state index contributed by atoms with van der Waals surface area (Å²) in [5, 5.41) is 3.03. The largest absolute Gasteiger partial charge is 0.454 e. The van der Waals surface area contributed by atoms with E-state index in [2.05, 4.69) is 5.32 Å². The summed E-state index contributed by atoms with van der Waals surface area (Å²) in [7, 11) is 1.49. The normalized spacial score (nSPS) is 21.6. The molecule has 6 nitrogen and oxygen atoms in total. The monoisotopic (exact) mass is 248 g/mol. The first-order chi connectivity index (χ1) is 8.65. The zero-order valence-electron chi connectivity index (χ0n) is 9.80. The highest BCUT2D eigenvalue weighted by atomic mass is 16.7. The molecule has 1 unspecified atom stereocenters. The number of nitrogens with zero attached hydrogens (tertiary/aromatic N) is 1. The summed E-state index contributed by atoms with van der Waals surface area (Å²) in [4.78, 5) is 24.3. The Morgan fingerprint density at radius 1 is 1.28 bits per heavy atom. The third-order valence-electron chi connectivity index (χ3n) is 3.09. The van der Waals surface area contributed by atoms with Crippen molar-refractivity contribution in [2.75, 3.05) is 19.2 Å². The van der Waals surface area contributed by atoms with Gasteiger partial charge in [0, 0.05) is 18.8 Å². The van der Waals surface area contributed by atoms with Crippen molar-refractivity contribution >= 4 is 17.5 Å². The lowest BCUT2D eigenvalue weighted by Crippen LogP contribution is -2.31. The molecule has 0 radical (unpaired) electrons. The number of likely N-dealkylation sites (N-methyl/N-ethyl adjacent to an activating group) is 1. The van der Waals surface area contributed by atoms with Crippen LogP contribution in [0.5, 0.6) is 11.5 Å². The van der Waals surface area contributed by atoms with Gasteiger partial charge in [-0.15, -0.1) is 0 Å². The second-order valence-electron chi connectivity index (χ2n) is 4.26. The fourth-order valence-corrected chi connectivity index (χ4v) is 2.06. The molecule has 1 N–H and O–H groups in total. The molecule has 1 aromatic carbocycles. The van der Waals surface area contributed by atoms with Gasteiger partial charge in [0.15, 0.2) is 11.5 Å². The number of likely N-dealkylation sites (tertiary alicyclic amines) is 1. The van der Waals surface area contributed by atoms with Crippen LogP contribution in [0.2, 0.25) is 0 Å². The van der Waals surface area contributed by atoms with Crippen molar-refractivity contribution in [2.24, 2.45) is 0 Å². The Kier molecular flexibility index (Phi) is 2.36. The number of imide groups is 1. The van der Waals surface area contributed by atoms with Crippen molar-refractivity contribution in [1.82, 2.24) is 4.90 Å². The zero-order chi connectivity index (χ0) is 12.7. The maximum Gasteiger partial charge on any atom is 0.251 e. The zero-order valence-corrected chi connectivity index (χ0v) is 9.80. The van der Waals surface area contributed by atoms with Crippen molar-refractivity contribution in [3.05, 3.63) is 18.2 Å². The number of hydrogen-bond donors (Lipinski definition) is 1. The summed E-state index contributed by atoms with van der Waals surface area (Å²) in [6, 6.07) is 4.83. The van der Waals surface area contributed by atoms with E-state index in [1.165, 1.54) is 7.05 Å². The summed E-state index contributed by atoms with van der Waals surface area (Å²) >= 11 is 0. The van der Waals surface area contributed by atoms with Gasteiger partial charge in [-0.05, 0) is 12.1 Å². The fourth-order valence-electron chi connectivity index (χ4n) is 2.06. The first kappa shape index (κ1) is 10.9. The number of fused-ring (bicyclic) bond motifs is 1. The molecule has 0 spiro atoms. The van der Waals surface area contributed by atoms with E-state index in [0.29, 0.717) is 11.5 Å². The Morgan fingerprint density at radius 3 is 2.78 bits per heavy atom. The molecule has 3 rings (SSSR count). The minimum Gasteiger partial charge on any atom is -0.454 e. The quantitative estimate of drug-likeness (QED) is 0.776. The molecule has 2 aliphatic rings. The molecule has 0 aromatic heterocycles. The van der Waals surface area contributed by atoms with E-state index in [4.69, 9.17) is 9.47 Å². The lowest BCUT2D eigenvalue weighted by molar-refractivity contribution is -0.136. The molecule has 2 aliphatic heterocycles. The predicted molar refractivity (Wildman–Crippen MR) is 62.4 cm³/mol. The minimum absolute atomic E-state index is 0.168. The number of nitrogens with one attached hydrogen (secondary N) is 1. The van der Waals surface area contributed by atoms with Crippen LogP contribution in [0.25, 0.3) is 0 Å². The van der Waals surface area contributed by atoms with E-state index < -0.39 is 6.04 Å². The first-order valence-electron chi connectivity index (χ1n) is 5.62. The number of amides is 2. The van der Waals surface area contributed by atoms with Crippen molar-refractivity contribution in [3.8, 4) is 11.5 Å². The Bertz CT molecular complexity index is 529. The lowest BCUT2D eigenvalue weighted by atomic mass is 10.2. The Labute approximate surface area is 103 Å². The summed E-state index contributed by atoms with van der Waals surface area (Å²) < 4.78 is 10.4. The molecule has 1 saturated heterocycles. The highest BCUT2D eigenvalue weighted by Crippen LogP contribution is 2.34. The van der Waals surface area contributed by atoms with E-state index in [1.54, 1.807) is 18.2 Å². The summed E-state index contributed by atoms with van der Waals surface area (Å²) in [5.41, 5.74) is 0.737. The van der Waals surface area contributed by atoms with E-state index in [-0.39, 0.29) is 25.0 Å². The number of ether oxygens (including phenoxy) is 2. The average molecular weight is 248 g/mol. The van der Waals surface area contributed by atoms with Crippen molar-refractivity contribution in [2.45, 2.75) is 12.5 Å².